The summed E-state index contributed by atoms with van der Waals surface area (Å²) in [6.07, 6.45) is 0.128. The molecule has 2 N–H and O–H groups in total. The Hall–Kier alpha value is -0.120. The Kier molecular flexibility index (Phi) is 1.78. The van der Waals surface area contributed by atoms with Gasteiger partial charge in [-0.1, -0.05) is 0 Å². The Morgan fingerprint density at radius 3 is 1.91 bits per heavy atom. The van der Waals surface area contributed by atoms with E-state index in [9.17, 15) is 10.3 Å². The number of hydrogen-bond acceptors (Lipinski definition) is 2. The molecule has 0 radical (unpaired) electrons. The summed E-state index contributed by atoms with van der Waals surface area (Å²) < 4.78 is 0. The molecule has 3 heteroatoms. The molecule has 0 aromatic heterocycles. The molecule has 0 aliphatic carbocycles. The fourth-order valence-electron chi connectivity index (χ4n) is 1.85. The number of nitrogens with one attached hydrogen (secondary N) is 1. The van der Waals surface area contributed by atoms with Gasteiger partial charge in [0.2, 0.25) is 0 Å². The minimum atomic E-state index is -0.538. The van der Waals surface area contributed by atoms with Crippen molar-refractivity contribution in [2.45, 2.75) is 51.3 Å². The first kappa shape index (κ1) is 8.97. The number of rotatable bonds is 0. The maximum atomic E-state index is 11.6. The van der Waals surface area contributed by atoms with E-state index in [0.717, 1.165) is 0 Å². The summed E-state index contributed by atoms with van der Waals surface area (Å²) in [4.78, 5) is 0. The molecule has 0 saturated carbocycles. The van der Waals surface area contributed by atoms with E-state index >= 15 is 0 Å². The lowest BCUT2D eigenvalue weighted by atomic mass is 9.98. The van der Waals surface area contributed by atoms with Gasteiger partial charge in [0.1, 0.15) is 11.6 Å². The van der Waals surface area contributed by atoms with E-state index in [1.165, 1.54) is 0 Å². The molecular formula is C8H17NO2. The van der Waals surface area contributed by atoms with Crippen molar-refractivity contribution in [3.8, 4) is 0 Å². The summed E-state index contributed by atoms with van der Waals surface area (Å²) in [6, 6.07) is 0. The fraction of sp³-hybridized carbons (Fsp3) is 1.00. The lowest BCUT2D eigenvalue weighted by Crippen LogP contribution is -3.19. The van der Waals surface area contributed by atoms with Crippen LogP contribution in [0.1, 0.15) is 34.1 Å². The highest BCUT2D eigenvalue weighted by molar-refractivity contribution is 4.91. The number of aliphatic hydroxyl groups is 1. The molecule has 3 nitrogen and oxygen atoms in total. The minimum absolute atomic E-state index is 0.178. The van der Waals surface area contributed by atoms with Gasteiger partial charge in [0, 0.05) is 6.42 Å². The van der Waals surface area contributed by atoms with Gasteiger partial charge in [0.05, 0.1) is 5.54 Å². The highest BCUT2D eigenvalue weighted by Crippen LogP contribution is 2.24. The lowest BCUT2D eigenvalue weighted by molar-refractivity contribution is -0.934. The zero-order valence-electron chi connectivity index (χ0n) is 7.64. The third kappa shape index (κ3) is 1.17. The van der Waals surface area contributed by atoms with Crippen molar-refractivity contribution in [1.29, 1.82) is 0 Å². The molecule has 1 heterocycles. The van der Waals surface area contributed by atoms with Gasteiger partial charge >= 0.3 is 0 Å². The number of hydroxylamine groups is 2. The molecule has 2 unspecified atom stereocenters. The molecular weight excluding hydrogens is 142 g/mol. The van der Waals surface area contributed by atoms with Crippen LogP contribution in [0.2, 0.25) is 0 Å². The Balaban J connectivity index is 2.89. The van der Waals surface area contributed by atoms with Crippen LogP contribution < -0.4 is 5.06 Å². The molecule has 1 aliphatic heterocycles. The quantitative estimate of drug-likeness (QED) is 0.476. The van der Waals surface area contributed by atoms with Gasteiger partial charge in [-0.05, 0) is 27.7 Å². The molecule has 1 saturated heterocycles. The van der Waals surface area contributed by atoms with Crippen molar-refractivity contribution in [3.63, 3.8) is 0 Å². The summed E-state index contributed by atoms with van der Waals surface area (Å²) in [6.45, 7) is 7.42. The van der Waals surface area contributed by atoms with Crippen LogP contribution in [0.15, 0.2) is 0 Å². The summed E-state index contributed by atoms with van der Waals surface area (Å²) in [5.41, 5.74) is -0.869. The van der Waals surface area contributed by atoms with Gasteiger partial charge in [-0.2, -0.15) is 0 Å². The third-order valence-electron chi connectivity index (χ3n) is 2.74. The first-order valence-electron chi connectivity index (χ1n) is 4.01. The van der Waals surface area contributed by atoms with E-state index in [-0.39, 0.29) is 10.6 Å². The first-order valence-corrected chi connectivity index (χ1v) is 4.01. The molecule has 0 spiro atoms. The van der Waals surface area contributed by atoms with E-state index < -0.39 is 11.6 Å². The highest BCUT2D eigenvalue weighted by Gasteiger charge is 2.51. The predicted octanol–water partition coefficient (Wildman–Crippen LogP) is -0.309. The molecule has 1 fully saturated rings. The second-order valence-corrected chi connectivity index (χ2v) is 4.65. The Morgan fingerprint density at radius 2 is 1.82 bits per heavy atom. The largest absolute Gasteiger partial charge is 0.633 e. The van der Waals surface area contributed by atoms with Crippen LogP contribution in [0.3, 0.4) is 0 Å². The van der Waals surface area contributed by atoms with Crippen LogP contribution in [0.25, 0.3) is 0 Å². The van der Waals surface area contributed by atoms with Gasteiger partial charge in [-0.3, -0.25) is 0 Å². The monoisotopic (exact) mass is 159 g/mol. The fourth-order valence-corrected chi connectivity index (χ4v) is 1.85. The van der Waals surface area contributed by atoms with E-state index in [4.69, 9.17) is 0 Å². The highest BCUT2D eigenvalue weighted by atomic mass is 16.5. The summed E-state index contributed by atoms with van der Waals surface area (Å²) >= 11 is 0. The Bertz CT molecular complexity index is 165. The van der Waals surface area contributed by atoms with Crippen LogP contribution in [-0.4, -0.2) is 22.3 Å². The minimum Gasteiger partial charge on any atom is -0.633 e. The summed E-state index contributed by atoms with van der Waals surface area (Å²) in [7, 11) is 0. The smallest absolute Gasteiger partial charge is 0.118 e. The second-order valence-electron chi connectivity index (χ2n) is 4.65. The number of aliphatic hydroxyl groups excluding tert-OH is 1. The number of quaternary nitrogens is 1. The Labute approximate surface area is 67.6 Å². The van der Waals surface area contributed by atoms with Crippen LogP contribution in [0.4, 0.5) is 0 Å². The van der Waals surface area contributed by atoms with Gasteiger partial charge in [0.25, 0.3) is 0 Å². The van der Waals surface area contributed by atoms with E-state index in [2.05, 4.69) is 0 Å². The zero-order chi connectivity index (χ0) is 8.86. The van der Waals surface area contributed by atoms with E-state index in [1.54, 1.807) is 0 Å². The number of hydrogen-bond donors (Lipinski definition) is 2. The van der Waals surface area contributed by atoms with Crippen molar-refractivity contribution in [2.24, 2.45) is 0 Å². The van der Waals surface area contributed by atoms with Crippen LogP contribution >= 0.6 is 0 Å². The average molecular weight is 159 g/mol. The molecule has 1 rings (SSSR count). The molecule has 2 atom stereocenters. The van der Waals surface area contributed by atoms with Crippen LogP contribution in [0, 0.1) is 5.21 Å². The van der Waals surface area contributed by atoms with Crippen molar-refractivity contribution in [1.82, 2.24) is 0 Å². The van der Waals surface area contributed by atoms with Gasteiger partial charge in [0.15, 0.2) is 0 Å². The molecule has 1 aliphatic rings. The predicted molar refractivity (Wildman–Crippen MR) is 43.1 cm³/mol. The first-order chi connectivity index (χ1) is 4.78. The standard InChI is InChI=1S/C8H17NO2/c1-7(2)5-6(10)8(3,4)9(7)11/h6,9-10H,5H2,1-4H3. The Morgan fingerprint density at radius 1 is 1.36 bits per heavy atom. The normalized spacial score (nSPS) is 40.9. The zero-order valence-corrected chi connectivity index (χ0v) is 7.64. The molecule has 0 amide bonds. The van der Waals surface area contributed by atoms with Crippen molar-refractivity contribution in [3.05, 3.63) is 5.21 Å². The molecule has 0 bridgehead atoms. The van der Waals surface area contributed by atoms with Gasteiger partial charge in [-0.15, -0.1) is 0 Å². The van der Waals surface area contributed by atoms with E-state index in [1.807, 2.05) is 27.7 Å². The molecule has 66 valence electrons. The second kappa shape index (κ2) is 2.19. The maximum absolute atomic E-state index is 11.6. The lowest BCUT2D eigenvalue weighted by Gasteiger charge is -2.40. The summed E-state index contributed by atoms with van der Waals surface area (Å²) in [5, 5.41) is 21.3. The third-order valence-corrected chi connectivity index (χ3v) is 2.74. The van der Waals surface area contributed by atoms with Gasteiger partial charge in [-0.25, -0.2) is 0 Å². The molecule has 0 aromatic rings. The van der Waals surface area contributed by atoms with E-state index in [0.29, 0.717) is 6.42 Å². The maximum Gasteiger partial charge on any atom is 0.118 e. The van der Waals surface area contributed by atoms with Crippen molar-refractivity contribution >= 4 is 0 Å². The van der Waals surface area contributed by atoms with Crippen molar-refractivity contribution in [2.75, 3.05) is 0 Å². The van der Waals surface area contributed by atoms with Crippen LogP contribution in [0.5, 0.6) is 0 Å². The molecule has 11 heavy (non-hydrogen) atoms. The van der Waals surface area contributed by atoms with Crippen LogP contribution in [-0.2, 0) is 0 Å². The van der Waals surface area contributed by atoms with Gasteiger partial charge < -0.3 is 15.4 Å². The SMILES string of the molecule is CC1(C)CC(O)C(C)(C)[NH+]1[O-]. The molecule has 0 aromatic carbocycles. The van der Waals surface area contributed by atoms with Crippen molar-refractivity contribution < 1.29 is 10.2 Å². The average Bonchev–Trinajstić information content (AvgIpc) is 1.94. The topological polar surface area (TPSA) is 47.7 Å². The summed E-state index contributed by atoms with van der Waals surface area (Å²) in [5.74, 6) is 0.